The van der Waals surface area contributed by atoms with Gasteiger partial charge in [-0.2, -0.15) is 0 Å². The van der Waals surface area contributed by atoms with Crippen LogP contribution in [0.25, 0.3) is 0 Å². The molecule has 0 bridgehead atoms. The number of epoxide rings is 1. The number of carbonyl (C=O) groups excluding carboxylic acids is 1. The Morgan fingerprint density at radius 2 is 2.08 bits per heavy atom. The molecule has 4 aliphatic rings. The fraction of sp³-hybridized carbons (Fsp3) is 0.947. The van der Waals surface area contributed by atoms with Crippen molar-refractivity contribution in [2.75, 3.05) is 33.9 Å². The Kier molecular flexibility index (Phi) is 4.59. The van der Waals surface area contributed by atoms with Crippen LogP contribution in [0.3, 0.4) is 0 Å². The first-order valence-electron chi connectivity index (χ1n) is 9.73. The molecule has 0 unspecified atom stereocenters. The van der Waals surface area contributed by atoms with Gasteiger partial charge in [0.25, 0.3) is 0 Å². The van der Waals surface area contributed by atoms with Crippen LogP contribution in [0, 0.1) is 23.2 Å². The largest absolute Gasteiger partial charge is 0.462 e. The van der Waals surface area contributed by atoms with Crippen LogP contribution >= 0.6 is 0 Å². The Labute approximate surface area is 149 Å². The summed E-state index contributed by atoms with van der Waals surface area (Å²) in [6.45, 7) is 4.76. The molecule has 0 aromatic carbocycles. The van der Waals surface area contributed by atoms with Crippen molar-refractivity contribution in [1.82, 2.24) is 0 Å². The van der Waals surface area contributed by atoms with Crippen molar-refractivity contribution in [2.24, 2.45) is 23.2 Å². The molecule has 0 aromatic rings. The Hall–Kier alpha value is -0.690. The van der Waals surface area contributed by atoms with Crippen LogP contribution in [0.4, 0.5) is 0 Å². The Morgan fingerprint density at radius 1 is 1.32 bits per heavy atom. The number of esters is 1. The number of rotatable bonds is 6. The molecule has 2 saturated carbocycles. The van der Waals surface area contributed by atoms with Crippen LogP contribution in [0.5, 0.6) is 0 Å². The van der Waals surface area contributed by atoms with Crippen LogP contribution in [0.1, 0.15) is 39.0 Å². The third-order valence-electron chi connectivity index (χ3n) is 7.38. The molecule has 6 atom stereocenters. The van der Waals surface area contributed by atoms with Crippen molar-refractivity contribution in [3.05, 3.63) is 0 Å². The molecule has 0 radical (unpaired) electrons. The molecule has 0 amide bonds. The molecule has 142 valence electrons. The second-order valence-corrected chi connectivity index (χ2v) is 8.76. The zero-order valence-corrected chi connectivity index (χ0v) is 15.7. The number of quaternary nitrogens is 1. The Bertz CT molecular complexity index is 518. The minimum Gasteiger partial charge on any atom is -0.462 e. The maximum absolute atomic E-state index is 12.5. The lowest BCUT2D eigenvalue weighted by Crippen LogP contribution is -2.88. The first kappa shape index (κ1) is 17.7. The molecule has 2 saturated heterocycles. The van der Waals surface area contributed by atoms with Gasteiger partial charge in [0.15, 0.2) is 0 Å². The maximum atomic E-state index is 12.5. The van der Waals surface area contributed by atoms with E-state index in [-0.39, 0.29) is 35.3 Å². The topological polar surface area (TPSA) is 73.9 Å². The number of ether oxygens (including phenoxy) is 4. The number of nitrogens with two attached hydrogens (primary N) is 1. The third kappa shape index (κ3) is 3.01. The van der Waals surface area contributed by atoms with E-state index in [0.29, 0.717) is 18.4 Å². The lowest BCUT2D eigenvalue weighted by Gasteiger charge is -2.51. The quantitative estimate of drug-likeness (QED) is 0.432. The monoisotopic (exact) mass is 354 g/mol. The van der Waals surface area contributed by atoms with E-state index in [0.717, 1.165) is 26.0 Å². The standard InChI is InChI=1S/C19H31NO5/c1-18-5-4-6-19(11-24-19)15(18)7-12-13(17(21)25-14(12)8-18)9-20-10-16(22-2)23-3/h12-16,20H,4-11H2,1-3H3/p+1/t12-,13-,14-,15-,18-,19+/m1/s1. The van der Waals surface area contributed by atoms with Crippen LogP contribution in [0.2, 0.25) is 0 Å². The first-order valence-corrected chi connectivity index (χ1v) is 9.73. The van der Waals surface area contributed by atoms with Gasteiger partial charge in [0.2, 0.25) is 6.29 Å². The van der Waals surface area contributed by atoms with E-state index in [9.17, 15) is 4.79 Å². The van der Waals surface area contributed by atoms with Crippen molar-refractivity contribution >= 4 is 5.97 Å². The molecule has 4 rings (SSSR count). The van der Waals surface area contributed by atoms with E-state index in [1.165, 1.54) is 19.3 Å². The molecule has 25 heavy (non-hydrogen) atoms. The highest BCUT2D eigenvalue weighted by Gasteiger charge is 2.65. The van der Waals surface area contributed by atoms with Crippen LogP contribution in [-0.4, -0.2) is 57.9 Å². The van der Waals surface area contributed by atoms with E-state index in [2.05, 4.69) is 12.2 Å². The summed E-state index contributed by atoms with van der Waals surface area (Å²) in [5.74, 6) is 0.898. The summed E-state index contributed by atoms with van der Waals surface area (Å²) in [5.41, 5.74) is 0.390. The minimum absolute atomic E-state index is 0.00866. The second kappa shape index (κ2) is 6.48. The third-order valence-corrected chi connectivity index (χ3v) is 7.38. The summed E-state index contributed by atoms with van der Waals surface area (Å²) < 4.78 is 22.2. The predicted octanol–water partition coefficient (Wildman–Crippen LogP) is 0.696. The number of carbonyl (C=O) groups is 1. The highest BCUT2D eigenvalue weighted by Crippen LogP contribution is 2.62. The summed E-state index contributed by atoms with van der Waals surface area (Å²) >= 11 is 0. The van der Waals surface area contributed by atoms with Gasteiger partial charge in [0.05, 0.1) is 18.8 Å². The van der Waals surface area contributed by atoms with Crippen molar-refractivity contribution in [2.45, 2.75) is 57.0 Å². The van der Waals surface area contributed by atoms with E-state index in [1.54, 1.807) is 14.2 Å². The molecule has 4 fully saturated rings. The van der Waals surface area contributed by atoms with Gasteiger partial charge in [-0.05, 0) is 43.4 Å². The zero-order valence-electron chi connectivity index (χ0n) is 15.7. The summed E-state index contributed by atoms with van der Waals surface area (Å²) in [6, 6.07) is 0. The number of hydrogen-bond acceptors (Lipinski definition) is 5. The van der Waals surface area contributed by atoms with Crippen molar-refractivity contribution in [3.63, 3.8) is 0 Å². The van der Waals surface area contributed by atoms with Crippen molar-refractivity contribution < 1.29 is 29.1 Å². The van der Waals surface area contributed by atoms with Crippen LogP contribution in [0.15, 0.2) is 0 Å². The lowest BCUT2D eigenvalue weighted by atomic mass is 9.53. The van der Waals surface area contributed by atoms with Gasteiger partial charge in [-0.3, -0.25) is 4.79 Å². The molecule has 2 aliphatic carbocycles. The average Bonchev–Trinajstić information content (AvgIpc) is 3.28. The van der Waals surface area contributed by atoms with E-state index in [4.69, 9.17) is 18.9 Å². The van der Waals surface area contributed by atoms with Gasteiger partial charge in [0, 0.05) is 20.1 Å². The Balaban J connectivity index is 1.43. The smallest absolute Gasteiger partial charge is 0.315 e. The molecule has 6 heteroatoms. The molecular weight excluding hydrogens is 322 g/mol. The minimum atomic E-state index is -0.232. The normalized spacial score (nSPS) is 45.4. The van der Waals surface area contributed by atoms with Gasteiger partial charge < -0.3 is 24.3 Å². The summed E-state index contributed by atoms with van der Waals surface area (Å²) in [4.78, 5) is 12.5. The highest BCUT2D eigenvalue weighted by molar-refractivity contribution is 5.75. The van der Waals surface area contributed by atoms with Gasteiger partial charge >= 0.3 is 5.97 Å². The molecule has 1 spiro atoms. The maximum Gasteiger partial charge on any atom is 0.315 e. The van der Waals surface area contributed by atoms with Gasteiger partial charge in [-0.15, -0.1) is 0 Å². The molecule has 2 heterocycles. The number of hydrogen-bond donors (Lipinski definition) is 1. The van der Waals surface area contributed by atoms with Crippen molar-refractivity contribution in [3.8, 4) is 0 Å². The van der Waals surface area contributed by atoms with Gasteiger partial charge in [0.1, 0.15) is 18.6 Å². The fourth-order valence-electron chi connectivity index (χ4n) is 5.93. The lowest BCUT2D eigenvalue weighted by molar-refractivity contribution is -0.671. The Morgan fingerprint density at radius 3 is 2.76 bits per heavy atom. The van der Waals surface area contributed by atoms with Crippen LogP contribution < -0.4 is 5.32 Å². The molecule has 6 nitrogen and oxygen atoms in total. The number of methoxy groups -OCH3 is 2. The van der Waals surface area contributed by atoms with Gasteiger partial charge in [-0.1, -0.05) is 6.92 Å². The predicted molar refractivity (Wildman–Crippen MR) is 89.7 cm³/mol. The molecule has 2 N–H and O–H groups in total. The first-order chi connectivity index (χ1) is 12.0. The number of fused-ring (bicyclic) bond motifs is 3. The summed E-state index contributed by atoms with van der Waals surface area (Å²) in [7, 11) is 3.28. The van der Waals surface area contributed by atoms with E-state index < -0.39 is 0 Å². The van der Waals surface area contributed by atoms with E-state index >= 15 is 0 Å². The second-order valence-electron chi connectivity index (χ2n) is 8.76. The van der Waals surface area contributed by atoms with Crippen molar-refractivity contribution in [1.29, 1.82) is 0 Å². The molecular formula is C19H32NO5+. The SMILES string of the molecule is COC(C[NH2+]C[C@H]1C(=O)O[C@@H]2C[C@@]3(C)CCC[C@]4(CO4)[C@@H]3C[C@@H]21)OC. The highest BCUT2D eigenvalue weighted by atomic mass is 16.7. The summed E-state index contributed by atoms with van der Waals surface area (Å²) in [5, 5.41) is 2.13. The molecule has 0 aromatic heterocycles. The summed E-state index contributed by atoms with van der Waals surface area (Å²) in [6.07, 6.45) is 5.62. The molecule has 2 aliphatic heterocycles. The van der Waals surface area contributed by atoms with E-state index in [1.807, 2.05) is 0 Å². The van der Waals surface area contributed by atoms with Gasteiger partial charge in [-0.25, -0.2) is 0 Å². The zero-order chi connectivity index (χ0) is 17.7. The average molecular weight is 354 g/mol. The fourth-order valence-corrected chi connectivity index (χ4v) is 5.93. The van der Waals surface area contributed by atoms with Crippen LogP contribution in [-0.2, 0) is 23.7 Å².